The van der Waals surface area contributed by atoms with Crippen LogP contribution in [0.25, 0.3) is 0 Å². The van der Waals surface area contributed by atoms with Crippen molar-refractivity contribution < 1.29 is 9.90 Å². The largest absolute Gasteiger partial charge is 0.388 e. The Balaban J connectivity index is 2.84. The van der Waals surface area contributed by atoms with Gasteiger partial charge in [-0.3, -0.25) is 0 Å². The highest BCUT2D eigenvalue weighted by atomic mass is 16.3. The van der Waals surface area contributed by atoms with Crippen LogP contribution in [-0.4, -0.2) is 47.2 Å². The molecule has 1 aromatic rings. The fraction of sp³-hybridized carbons (Fsp3) is 0.533. The average molecular weight is 264 g/mol. The second kappa shape index (κ2) is 6.57. The molecule has 4 nitrogen and oxygen atoms in total. The molecule has 0 aliphatic heterocycles. The van der Waals surface area contributed by atoms with Gasteiger partial charge in [0.05, 0.1) is 12.1 Å². The van der Waals surface area contributed by atoms with Crippen LogP contribution in [0.5, 0.6) is 0 Å². The first-order valence-corrected chi connectivity index (χ1v) is 6.58. The van der Waals surface area contributed by atoms with Gasteiger partial charge in [0, 0.05) is 20.6 Å². The summed E-state index contributed by atoms with van der Waals surface area (Å²) < 4.78 is 0. The number of aliphatic hydroxyl groups is 1. The average Bonchev–Trinajstić information content (AvgIpc) is 2.38. The summed E-state index contributed by atoms with van der Waals surface area (Å²) in [4.78, 5) is 15.4. The molecular formula is C15H24N2O2. The first-order chi connectivity index (χ1) is 8.85. The molecule has 0 aromatic heterocycles. The van der Waals surface area contributed by atoms with E-state index in [-0.39, 0.29) is 6.03 Å². The predicted octanol–water partition coefficient (Wildman–Crippen LogP) is 2.33. The maximum atomic E-state index is 12.2. The molecule has 0 spiro atoms. The molecule has 106 valence electrons. The molecule has 0 aliphatic carbocycles. The second-order valence-electron chi connectivity index (χ2n) is 5.37. The van der Waals surface area contributed by atoms with Crippen LogP contribution in [0.15, 0.2) is 30.3 Å². The SMILES string of the molecule is CC[C@@](C)(O)CN(Cc1ccccc1)C(=O)N(C)C. The molecule has 0 aliphatic rings. The van der Waals surface area contributed by atoms with Crippen LogP contribution in [0.4, 0.5) is 4.79 Å². The third-order valence-electron chi connectivity index (χ3n) is 3.16. The Morgan fingerprint density at radius 2 is 1.84 bits per heavy atom. The monoisotopic (exact) mass is 264 g/mol. The first kappa shape index (κ1) is 15.5. The van der Waals surface area contributed by atoms with Gasteiger partial charge in [-0.15, -0.1) is 0 Å². The molecule has 1 atom stereocenters. The summed E-state index contributed by atoms with van der Waals surface area (Å²) in [5, 5.41) is 10.2. The van der Waals surface area contributed by atoms with Crippen LogP contribution in [0.3, 0.4) is 0 Å². The summed E-state index contributed by atoms with van der Waals surface area (Å²) >= 11 is 0. The lowest BCUT2D eigenvalue weighted by Gasteiger charge is -2.32. The van der Waals surface area contributed by atoms with Gasteiger partial charge in [-0.05, 0) is 18.9 Å². The lowest BCUT2D eigenvalue weighted by atomic mass is 10.0. The van der Waals surface area contributed by atoms with Gasteiger partial charge in [0.25, 0.3) is 0 Å². The Morgan fingerprint density at radius 1 is 1.26 bits per heavy atom. The summed E-state index contributed by atoms with van der Waals surface area (Å²) in [7, 11) is 3.45. The smallest absolute Gasteiger partial charge is 0.319 e. The van der Waals surface area contributed by atoms with Crippen LogP contribution in [-0.2, 0) is 6.54 Å². The summed E-state index contributed by atoms with van der Waals surface area (Å²) in [5.41, 5.74) is 0.199. The molecule has 1 aromatic carbocycles. The van der Waals surface area contributed by atoms with E-state index in [1.165, 1.54) is 4.90 Å². The quantitative estimate of drug-likeness (QED) is 0.887. The van der Waals surface area contributed by atoms with Gasteiger partial charge >= 0.3 is 6.03 Å². The van der Waals surface area contributed by atoms with E-state index in [1.807, 2.05) is 37.3 Å². The maximum absolute atomic E-state index is 12.2. The van der Waals surface area contributed by atoms with Crippen molar-refractivity contribution in [2.75, 3.05) is 20.6 Å². The summed E-state index contributed by atoms with van der Waals surface area (Å²) in [5.74, 6) is 0. The van der Waals surface area contributed by atoms with Crippen LogP contribution in [0, 0.1) is 0 Å². The topological polar surface area (TPSA) is 43.8 Å². The third kappa shape index (κ3) is 4.91. The Kier molecular flexibility index (Phi) is 5.36. The zero-order valence-corrected chi connectivity index (χ0v) is 12.3. The van der Waals surface area contributed by atoms with Crippen molar-refractivity contribution in [1.29, 1.82) is 0 Å². The first-order valence-electron chi connectivity index (χ1n) is 6.58. The Morgan fingerprint density at radius 3 is 2.32 bits per heavy atom. The van der Waals surface area contributed by atoms with Crippen LogP contribution < -0.4 is 0 Å². The van der Waals surface area contributed by atoms with Crippen LogP contribution in [0.1, 0.15) is 25.8 Å². The summed E-state index contributed by atoms with van der Waals surface area (Å²) in [6.45, 7) is 4.51. The van der Waals surface area contributed by atoms with Crippen molar-refractivity contribution >= 4 is 6.03 Å². The van der Waals surface area contributed by atoms with E-state index in [4.69, 9.17) is 0 Å². The van der Waals surface area contributed by atoms with Gasteiger partial charge in [-0.25, -0.2) is 4.79 Å². The van der Waals surface area contributed by atoms with Crippen molar-refractivity contribution in [3.05, 3.63) is 35.9 Å². The van der Waals surface area contributed by atoms with Gasteiger partial charge in [0.15, 0.2) is 0 Å². The Bertz CT molecular complexity index is 402. The minimum Gasteiger partial charge on any atom is -0.388 e. The fourth-order valence-corrected chi connectivity index (χ4v) is 1.80. The highest BCUT2D eigenvalue weighted by Crippen LogP contribution is 2.15. The molecule has 1 rings (SSSR count). The van der Waals surface area contributed by atoms with E-state index < -0.39 is 5.60 Å². The number of amides is 2. The molecule has 2 amide bonds. The third-order valence-corrected chi connectivity index (χ3v) is 3.16. The molecular weight excluding hydrogens is 240 g/mol. The van der Waals surface area contributed by atoms with E-state index >= 15 is 0 Å². The van der Waals surface area contributed by atoms with Crippen LogP contribution >= 0.6 is 0 Å². The number of carbonyl (C=O) groups is 1. The highest BCUT2D eigenvalue weighted by molar-refractivity contribution is 5.73. The van der Waals surface area contributed by atoms with Crippen molar-refractivity contribution in [3.63, 3.8) is 0 Å². The minimum absolute atomic E-state index is 0.0856. The fourth-order valence-electron chi connectivity index (χ4n) is 1.80. The van der Waals surface area contributed by atoms with Gasteiger partial charge in [-0.2, -0.15) is 0 Å². The number of hydrogen-bond acceptors (Lipinski definition) is 2. The summed E-state index contributed by atoms with van der Waals surface area (Å²) in [6.07, 6.45) is 0.610. The van der Waals surface area contributed by atoms with Crippen molar-refractivity contribution in [3.8, 4) is 0 Å². The zero-order chi connectivity index (χ0) is 14.5. The standard InChI is InChI=1S/C15H24N2O2/c1-5-15(2,19)12-17(14(18)16(3)4)11-13-9-7-6-8-10-13/h6-10,19H,5,11-12H2,1-4H3/t15-/m1/s1. The second-order valence-corrected chi connectivity index (χ2v) is 5.37. The molecule has 0 saturated carbocycles. The number of hydrogen-bond donors (Lipinski definition) is 1. The predicted molar refractivity (Wildman–Crippen MR) is 76.8 cm³/mol. The molecule has 0 saturated heterocycles. The number of nitrogens with zero attached hydrogens (tertiary/aromatic N) is 2. The van der Waals surface area contributed by atoms with Gasteiger partial charge in [0.1, 0.15) is 0 Å². The zero-order valence-electron chi connectivity index (χ0n) is 12.3. The van der Waals surface area contributed by atoms with Crippen molar-refractivity contribution in [2.45, 2.75) is 32.4 Å². The van der Waals surface area contributed by atoms with E-state index in [0.717, 1.165) is 5.56 Å². The minimum atomic E-state index is -0.861. The Labute approximate surface area is 115 Å². The molecule has 0 fully saturated rings. The molecule has 19 heavy (non-hydrogen) atoms. The maximum Gasteiger partial charge on any atom is 0.319 e. The van der Waals surface area contributed by atoms with Crippen molar-refractivity contribution in [2.24, 2.45) is 0 Å². The van der Waals surface area contributed by atoms with E-state index in [1.54, 1.807) is 25.9 Å². The van der Waals surface area contributed by atoms with E-state index in [9.17, 15) is 9.90 Å². The number of carbonyl (C=O) groups excluding carboxylic acids is 1. The molecule has 1 N–H and O–H groups in total. The molecule has 0 radical (unpaired) electrons. The lowest BCUT2D eigenvalue weighted by Crippen LogP contribution is -2.46. The number of urea groups is 1. The number of rotatable bonds is 5. The normalized spacial score (nSPS) is 13.7. The van der Waals surface area contributed by atoms with Gasteiger partial charge in [-0.1, -0.05) is 37.3 Å². The molecule has 0 bridgehead atoms. The van der Waals surface area contributed by atoms with Gasteiger partial charge < -0.3 is 14.9 Å². The molecule has 0 heterocycles. The van der Waals surface area contributed by atoms with Crippen molar-refractivity contribution in [1.82, 2.24) is 9.80 Å². The highest BCUT2D eigenvalue weighted by Gasteiger charge is 2.26. The molecule has 4 heteroatoms. The Hall–Kier alpha value is -1.55. The van der Waals surface area contributed by atoms with Gasteiger partial charge in [0.2, 0.25) is 0 Å². The lowest BCUT2D eigenvalue weighted by molar-refractivity contribution is 0.0212. The van der Waals surface area contributed by atoms with Crippen LogP contribution in [0.2, 0.25) is 0 Å². The summed E-state index contributed by atoms with van der Waals surface area (Å²) in [6, 6.07) is 9.73. The molecule has 0 unspecified atom stereocenters. The van der Waals surface area contributed by atoms with E-state index in [0.29, 0.717) is 19.5 Å². The number of benzene rings is 1. The van der Waals surface area contributed by atoms with E-state index in [2.05, 4.69) is 0 Å².